The smallest absolute Gasteiger partial charge is 0.104 e. The van der Waals surface area contributed by atoms with E-state index < -0.39 is 0 Å². The van der Waals surface area contributed by atoms with E-state index in [9.17, 15) is 0 Å². The fourth-order valence-electron chi connectivity index (χ4n) is 0.984. The van der Waals surface area contributed by atoms with Gasteiger partial charge in [0.05, 0.1) is 0 Å². The van der Waals surface area contributed by atoms with E-state index in [1.54, 1.807) is 0 Å². The SMILES string of the molecule is C#CCCCc1ccc(C)o1. The molecule has 0 unspecified atom stereocenters. The maximum Gasteiger partial charge on any atom is 0.104 e. The van der Waals surface area contributed by atoms with Gasteiger partial charge in [-0.25, -0.2) is 0 Å². The highest BCUT2D eigenvalue weighted by molar-refractivity contribution is 5.05. The Kier molecular flexibility index (Phi) is 2.80. The van der Waals surface area contributed by atoms with Crippen molar-refractivity contribution in [3.8, 4) is 12.3 Å². The largest absolute Gasteiger partial charge is 0.466 e. The first-order valence-corrected chi connectivity index (χ1v) is 3.81. The van der Waals surface area contributed by atoms with E-state index in [2.05, 4.69) is 5.92 Å². The Morgan fingerprint density at radius 3 is 2.91 bits per heavy atom. The predicted octanol–water partition coefficient (Wildman–Crippen LogP) is 2.54. The average molecular weight is 148 g/mol. The van der Waals surface area contributed by atoms with Gasteiger partial charge in [-0.2, -0.15) is 0 Å². The van der Waals surface area contributed by atoms with Gasteiger partial charge in [0.1, 0.15) is 11.5 Å². The van der Waals surface area contributed by atoms with E-state index in [1.165, 1.54) is 0 Å². The maximum absolute atomic E-state index is 5.36. The number of aryl methyl sites for hydroxylation is 2. The monoisotopic (exact) mass is 148 g/mol. The molecule has 1 heterocycles. The molecule has 0 aliphatic rings. The molecule has 0 aliphatic heterocycles. The van der Waals surface area contributed by atoms with E-state index in [0.717, 1.165) is 30.8 Å². The molecule has 0 radical (unpaired) electrons. The summed E-state index contributed by atoms with van der Waals surface area (Å²) in [7, 11) is 0. The van der Waals surface area contributed by atoms with Crippen molar-refractivity contribution in [1.29, 1.82) is 0 Å². The molecule has 0 bridgehead atoms. The minimum Gasteiger partial charge on any atom is -0.466 e. The van der Waals surface area contributed by atoms with Crippen LogP contribution in [0.2, 0.25) is 0 Å². The molecule has 0 aromatic carbocycles. The predicted molar refractivity (Wildman–Crippen MR) is 45.2 cm³/mol. The topological polar surface area (TPSA) is 13.1 Å². The van der Waals surface area contributed by atoms with Gasteiger partial charge in [-0.3, -0.25) is 0 Å². The van der Waals surface area contributed by atoms with E-state index in [1.807, 2.05) is 19.1 Å². The van der Waals surface area contributed by atoms with Gasteiger partial charge in [0.2, 0.25) is 0 Å². The minimum absolute atomic E-state index is 0.833. The van der Waals surface area contributed by atoms with E-state index in [4.69, 9.17) is 10.8 Å². The molecule has 0 aliphatic carbocycles. The number of terminal acetylenes is 1. The second-order valence-corrected chi connectivity index (χ2v) is 2.57. The maximum atomic E-state index is 5.36. The Labute approximate surface area is 67.4 Å². The summed E-state index contributed by atoms with van der Waals surface area (Å²) in [4.78, 5) is 0. The summed E-state index contributed by atoms with van der Waals surface area (Å²) in [5.74, 6) is 4.62. The molecule has 0 atom stereocenters. The molecule has 0 fully saturated rings. The zero-order chi connectivity index (χ0) is 8.10. The lowest BCUT2D eigenvalue weighted by atomic mass is 10.2. The first-order valence-electron chi connectivity index (χ1n) is 3.81. The second-order valence-electron chi connectivity index (χ2n) is 2.57. The molecule has 0 N–H and O–H groups in total. The lowest BCUT2D eigenvalue weighted by Crippen LogP contribution is -1.79. The first-order chi connectivity index (χ1) is 5.33. The molecule has 0 saturated carbocycles. The number of unbranched alkanes of at least 4 members (excludes halogenated alkanes) is 1. The van der Waals surface area contributed by atoms with Crippen molar-refractivity contribution in [3.63, 3.8) is 0 Å². The summed E-state index contributed by atoms with van der Waals surface area (Å²) in [6.07, 6.45) is 7.92. The summed E-state index contributed by atoms with van der Waals surface area (Å²) < 4.78 is 5.36. The van der Waals surface area contributed by atoms with Gasteiger partial charge in [-0.1, -0.05) is 0 Å². The normalized spacial score (nSPS) is 9.45. The van der Waals surface area contributed by atoms with Crippen LogP contribution in [0.25, 0.3) is 0 Å². The van der Waals surface area contributed by atoms with Gasteiger partial charge in [0, 0.05) is 12.8 Å². The first kappa shape index (κ1) is 7.94. The fourth-order valence-corrected chi connectivity index (χ4v) is 0.984. The van der Waals surface area contributed by atoms with Crippen LogP contribution in [0.15, 0.2) is 16.5 Å². The van der Waals surface area contributed by atoms with E-state index in [0.29, 0.717) is 0 Å². The van der Waals surface area contributed by atoms with Crippen molar-refractivity contribution >= 4 is 0 Å². The molecule has 1 rings (SSSR count). The Balaban J connectivity index is 2.34. The lowest BCUT2D eigenvalue weighted by Gasteiger charge is -1.91. The van der Waals surface area contributed by atoms with Crippen LogP contribution < -0.4 is 0 Å². The van der Waals surface area contributed by atoms with Gasteiger partial charge in [0.15, 0.2) is 0 Å². The minimum atomic E-state index is 0.833. The number of hydrogen-bond acceptors (Lipinski definition) is 1. The zero-order valence-corrected chi connectivity index (χ0v) is 6.76. The molecule has 1 nitrogen and oxygen atoms in total. The van der Waals surface area contributed by atoms with Gasteiger partial charge >= 0.3 is 0 Å². The van der Waals surface area contributed by atoms with E-state index >= 15 is 0 Å². The van der Waals surface area contributed by atoms with Crippen molar-refractivity contribution in [2.24, 2.45) is 0 Å². The molecule has 0 spiro atoms. The zero-order valence-electron chi connectivity index (χ0n) is 6.76. The quantitative estimate of drug-likeness (QED) is 0.474. The van der Waals surface area contributed by atoms with Crippen LogP contribution in [0, 0.1) is 19.3 Å². The molecular weight excluding hydrogens is 136 g/mol. The van der Waals surface area contributed by atoms with Crippen LogP contribution in [0.3, 0.4) is 0 Å². The fraction of sp³-hybridized carbons (Fsp3) is 0.400. The van der Waals surface area contributed by atoms with Gasteiger partial charge in [-0.05, 0) is 25.5 Å². The molecule has 0 amide bonds. The van der Waals surface area contributed by atoms with Crippen LogP contribution >= 0.6 is 0 Å². The van der Waals surface area contributed by atoms with Gasteiger partial charge < -0.3 is 4.42 Å². The standard InChI is InChI=1S/C10H12O/c1-3-4-5-6-10-8-7-9(2)11-10/h1,7-8H,4-6H2,2H3. The highest BCUT2D eigenvalue weighted by atomic mass is 16.3. The van der Waals surface area contributed by atoms with E-state index in [-0.39, 0.29) is 0 Å². The molecule has 1 aromatic rings. The van der Waals surface area contributed by atoms with Crippen LogP contribution in [0.4, 0.5) is 0 Å². The highest BCUT2D eigenvalue weighted by Crippen LogP contribution is 2.08. The van der Waals surface area contributed by atoms with Gasteiger partial charge in [-0.15, -0.1) is 12.3 Å². The van der Waals surface area contributed by atoms with Crippen molar-refractivity contribution in [2.45, 2.75) is 26.2 Å². The van der Waals surface area contributed by atoms with Crippen LogP contribution in [-0.2, 0) is 6.42 Å². The highest BCUT2D eigenvalue weighted by Gasteiger charge is 1.96. The summed E-state index contributed by atoms with van der Waals surface area (Å²) in [6.45, 7) is 1.95. The third kappa shape index (κ3) is 2.51. The number of hydrogen-bond donors (Lipinski definition) is 0. The molecule has 1 aromatic heterocycles. The van der Waals surface area contributed by atoms with Crippen LogP contribution in [0.5, 0.6) is 0 Å². The van der Waals surface area contributed by atoms with Crippen LogP contribution in [0.1, 0.15) is 24.4 Å². The Morgan fingerprint density at radius 1 is 1.55 bits per heavy atom. The van der Waals surface area contributed by atoms with Gasteiger partial charge in [0.25, 0.3) is 0 Å². The van der Waals surface area contributed by atoms with Crippen molar-refractivity contribution in [1.82, 2.24) is 0 Å². The molecule has 58 valence electrons. The Hall–Kier alpha value is -1.16. The number of rotatable bonds is 3. The van der Waals surface area contributed by atoms with Crippen molar-refractivity contribution in [3.05, 3.63) is 23.7 Å². The van der Waals surface area contributed by atoms with Crippen LogP contribution in [-0.4, -0.2) is 0 Å². The van der Waals surface area contributed by atoms with Crippen molar-refractivity contribution in [2.75, 3.05) is 0 Å². The van der Waals surface area contributed by atoms with Crippen molar-refractivity contribution < 1.29 is 4.42 Å². The third-order valence-corrected chi connectivity index (χ3v) is 1.54. The lowest BCUT2D eigenvalue weighted by molar-refractivity contribution is 0.478. The molecular formula is C10H12O. The Morgan fingerprint density at radius 2 is 2.36 bits per heavy atom. The molecule has 0 saturated heterocycles. The summed E-state index contributed by atoms with van der Waals surface area (Å²) in [5, 5.41) is 0. The summed E-state index contributed by atoms with van der Waals surface area (Å²) in [6, 6.07) is 3.98. The Bertz CT molecular complexity index is 252. The number of furan rings is 1. The molecule has 1 heteroatoms. The summed E-state index contributed by atoms with van der Waals surface area (Å²) in [5.41, 5.74) is 0. The average Bonchev–Trinajstić information content (AvgIpc) is 2.37. The molecule has 11 heavy (non-hydrogen) atoms. The summed E-state index contributed by atoms with van der Waals surface area (Å²) >= 11 is 0. The second kappa shape index (κ2) is 3.88. The third-order valence-electron chi connectivity index (χ3n) is 1.54.